The van der Waals surface area contributed by atoms with Crippen LogP contribution in [0.25, 0.3) is 11.5 Å². The fourth-order valence-corrected chi connectivity index (χ4v) is 3.36. The first-order valence-electron chi connectivity index (χ1n) is 8.70. The van der Waals surface area contributed by atoms with Crippen molar-refractivity contribution in [2.75, 3.05) is 11.6 Å². The van der Waals surface area contributed by atoms with Gasteiger partial charge in [0, 0.05) is 40.7 Å². The lowest BCUT2D eigenvalue weighted by atomic mass is 10.1. The Morgan fingerprint density at radius 1 is 1.18 bits per heavy atom. The molecule has 3 aromatic heterocycles. The van der Waals surface area contributed by atoms with Crippen LogP contribution < -0.4 is 5.32 Å². The Bertz CT molecular complexity index is 1130. The van der Waals surface area contributed by atoms with Gasteiger partial charge in [0.2, 0.25) is 11.1 Å². The lowest BCUT2D eigenvalue weighted by Crippen LogP contribution is -2.17. The number of fused-ring (bicyclic) bond motifs is 1. The summed E-state index contributed by atoms with van der Waals surface area (Å²) in [5.41, 5.74) is 4.24. The van der Waals surface area contributed by atoms with Crippen molar-refractivity contribution in [2.45, 2.75) is 25.4 Å². The number of aromatic nitrogens is 6. The van der Waals surface area contributed by atoms with Gasteiger partial charge in [0.1, 0.15) is 0 Å². The van der Waals surface area contributed by atoms with Crippen molar-refractivity contribution in [3.05, 3.63) is 59.9 Å². The molecule has 1 N–H and O–H groups in total. The summed E-state index contributed by atoms with van der Waals surface area (Å²) in [4.78, 5) is 25.5. The molecule has 0 aliphatic carbocycles. The van der Waals surface area contributed by atoms with Gasteiger partial charge < -0.3 is 9.88 Å². The normalized spacial score (nSPS) is 11.1. The third kappa shape index (κ3) is 3.48. The number of hydrogen-bond donors (Lipinski definition) is 1. The molecule has 0 aliphatic heterocycles. The molecular formula is C19H19N7OS. The standard InChI is InChI=1S/C19H19N7OS/c1-12-16(13(2)26-18(21-12)23-19(24-26)28-3)10-17(27)22-14-4-6-15(7-5-14)25-9-8-20-11-25/h4-9,11H,10H2,1-3H3,(H,22,27). The average Bonchev–Trinajstić information content (AvgIpc) is 3.35. The number of carbonyl (C=O) groups is 1. The number of amides is 1. The number of thioether (sulfide) groups is 1. The van der Waals surface area contributed by atoms with E-state index in [2.05, 4.69) is 25.4 Å². The van der Waals surface area contributed by atoms with Crippen molar-refractivity contribution in [1.29, 1.82) is 0 Å². The number of anilines is 1. The van der Waals surface area contributed by atoms with Gasteiger partial charge in [-0.2, -0.15) is 4.98 Å². The Hall–Kier alpha value is -3.20. The number of nitrogens with zero attached hydrogens (tertiary/aromatic N) is 6. The second-order valence-electron chi connectivity index (χ2n) is 6.31. The van der Waals surface area contributed by atoms with Gasteiger partial charge in [-0.1, -0.05) is 11.8 Å². The van der Waals surface area contributed by atoms with E-state index in [1.807, 2.05) is 55.1 Å². The smallest absolute Gasteiger partial charge is 0.253 e. The number of rotatable bonds is 5. The summed E-state index contributed by atoms with van der Waals surface area (Å²) in [6, 6.07) is 7.61. The van der Waals surface area contributed by atoms with Gasteiger partial charge in [0.15, 0.2) is 0 Å². The minimum absolute atomic E-state index is 0.104. The van der Waals surface area contributed by atoms with Crippen molar-refractivity contribution < 1.29 is 4.79 Å². The highest BCUT2D eigenvalue weighted by atomic mass is 32.2. The Morgan fingerprint density at radius 2 is 1.96 bits per heavy atom. The molecule has 0 radical (unpaired) electrons. The fourth-order valence-electron chi connectivity index (χ4n) is 3.03. The fraction of sp³-hybridized carbons (Fsp3) is 0.211. The number of nitrogens with one attached hydrogen (secondary N) is 1. The minimum Gasteiger partial charge on any atom is -0.326 e. The van der Waals surface area contributed by atoms with Crippen molar-refractivity contribution >= 4 is 29.1 Å². The maximum Gasteiger partial charge on any atom is 0.253 e. The van der Waals surface area contributed by atoms with Gasteiger partial charge >= 0.3 is 0 Å². The Kier molecular flexibility index (Phi) is 4.82. The highest BCUT2D eigenvalue weighted by molar-refractivity contribution is 7.98. The van der Waals surface area contributed by atoms with Gasteiger partial charge in [-0.3, -0.25) is 4.79 Å². The molecule has 0 bridgehead atoms. The number of aryl methyl sites for hydroxylation is 2. The quantitative estimate of drug-likeness (QED) is 0.525. The third-order valence-electron chi connectivity index (χ3n) is 4.50. The SMILES string of the molecule is CSc1nc2nc(C)c(CC(=O)Nc3ccc(-n4ccnc4)cc3)c(C)n2n1. The molecule has 0 saturated heterocycles. The molecule has 1 amide bonds. The highest BCUT2D eigenvalue weighted by Crippen LogP contribution is 2.18. The van der Waals surface area contributed by atoms with Crippen LogP contribution in [-0.2, 0) is 11.2 Å². The monoisotopic (exact) mass is 393 g/mol. The molecule has 4 rings (SSSR count). The Balaban J connectivity index is 1.52. The summed E-state index contributed by atoms with van der Waals surface area (Å²) < 4.78 is 3.60. The van der Waals surface area contributed by atoms with E-state index in [9.17, 15) is 4.79 Å². The van der Waals surface area contributed by atoms with E-state index in [1.165, 1.54) is 11.8 Å². The van der Waals surface area contributed by atoms with E-state index < -0.39 is 0 Å². The zero-order valence-corrected chi connectivity index (χ0v) is 16.6. The van der Waals surface area contributed by atoms with E-state index in [4.69, 9.17) is 0 Å². The van der Waals surface area contributed by atoms with Crippen LogP contribution in [0.1, 0.15) is 17.0 Å². The van der Waals surface area contributed by atoms with Crippen LogP contribution in [-0.4, -0.2) is 41.3 Å². The molecule has 0 aliphatic rings. The van der Waals surface area contributed by atoms with E-state index in [1.54, 1.807) is 17.0 Å². The predicted octanol–water partition coefficient (Wildman–Crippen LogP) is 2.83. The van der Waals surface area contributed by atoms with E-state index in [0.717, 1.165) is 28.3 Å². The van der Waals surface area contributed by atoms with E-state index in [0.29, 0.717) is 10.9 Å². The number of hydrogen-bond acceptors (Lipinski definition) is 6. The molecule has 142 valence electrons. The van der Waals surface area contributed by atoms with Crippen LogP contribution in [0, 0.1) is 13.8 Å². The molecule has 0 unspecified atom stereocenters. The van der Waals surface area contributed by atoms with Gasteiger partial charge in [-0.15, -0.1) is 5.10 Å². The zero-order chi connectivity index (χ0) is 19.7. The van der Waals surface area contributed by atoms with Crippen LogP contribution in [0.4, 0.5) is 5.69 Å². The van der Waals surface area contributed by atoms with Crippen LogP contribution in [0.15, 0.2) is 48.1 Å². The van der Waals surface area contributed by atoms with Crippen LogP contribution >= 0.6 is 11.8 Å². The third-order valence-corrected chi connectivity index (χ3v) is 5.04. The molecule has 0 fully saturated rings. The minimum atomic E-state index is -0.104. The number of carbonyl (C=O) groups excluding carboxylic acids is 1. The molecule has 3 heterocycles. The second-order valence-corrected chi connectivity index (χ2v) is 7.09. The summed E-state index contributed by atoms with van der Waals surface area (Å²) in [6.45, 7) is 3.83. The molecule has 0 spiro atoms. The summed E-state index contributed by atoms with van der Waals surface area (Å²) >= 11 is 1.46. The first kappa shape index (κ1) is 18.2. The molecule has 8 nitrogen and oxygen atoms in total. The van der Waals surface area contributed by atoms with Crippen LogP contribution in [0.2, 0.25) is 0 Å². The Morgan fingerprint density at radius 3 is 2.64 bits per heavy atom. The first-order chi connectivity index (χ1) is 13.5. The lowest BCUT2D eigenvalue weighted by Gasteiger charge is -2.11. The van der Waals surface area contributed by atoms with Crippen molar-refractivity contribution in [3.63, 3.8) is 0 Å². The topological polar surface area (TPSA) is 90.0 Å². The summed E-state index contributed by atoms with van der Waals surface area (Å²) in [5.74, 6) is 0.450. The summed E-state index contributed by atoms with van der Waals surface area (Å²) in [6.07, 6.45) is 7.47. The van der Waals surface area contributed by atoms with Gasteiger partial charge in [0.05, 0.1) is 12.7 Å². The maximum atomic E-state index is 12.6. The summed E-state index contributed by atoms with van der Waals surface area (Å²) in [5, 5.41) is 8.03. The first-order valence-corrected chi connectivity index (χ1v) is 9.92. The molecule has 28 heavy (non-hydrogen) atoms. The van der Waals surface area contributed by atoms with E-state index in [-0.39, 0.29) is 12.3 Å². The van der Waals surface area contributed by atoms with Crippen LogP contribution in [0.5, 0.6) is 0 Å². The molecule has 9 heteroatoms. The molecular weight excluding hydrogens is 374 g/mol. The van der Waals surface area contributed by atoms with Gasteiger partial charge in [-0.25, -0.2) is 14.5 Å². The molecule has 0 atom stereocenters. The zero-order valence-electron chi connectivity index (χ0n) is 15.7. The van der Waals surface area contributed by atoms with Crippen molar-refractivity contribution in [3.8, 4) is 5.69 Å². The lowest BCUT2D eigenvalue weighted by molar-refractivity contribution is -0.115. The van der Waals surface area contributed by atoms with Crippen LogP contribution in [0.3, 0.4) is 0 Å². The van der Waals surface area contributed by atoms with Gasteiger partial charge in [-0.05, 0) is 44.4 Å². The number of imidazole rings is 1. The molecule has 4 aromatic rings. The molecule has 1 aromatic carbocycles. The van der Waals surface area contributed by atoms with E-state index >= 15 is 0 Å². The second kappa shape index (κ2) is 7.43. The highest BCUT2D eigenvalue weighted by Gasteiger charge is 2.16. The van der Waals surface area contributed by atoms with Gasteiger partial charge in [0.25, 0.3) is 5.78 Å². The number of benzene rings is 1. The summed E-state index contributed by atoms with van der Waals surface area (Å²) in [7, 11) is 0. The average molecular weight is 393 g/mol. The molecule has 0 saturated carbocycles. The Labute approximate surface area is 166 Å². The van der Waals surface area contributed by atoms with Crippen molar-refractivity contribution in [2.24, 2.45) is 0 Å². The van der Waals surface area contributed by atoms with Crippen molar-refractivity contribution in [1.82, 2.24) is 29.1 Å². The largest absolute Gasteiger partial charge is 0.326 e. The maximum absolute atomic E-state index is 12.6. The predicted molar refractivity (Wildman–Crippen MR) is 108 cm³/mol.